The molecule has 0 aromatic heterocycles. The normalized spacial score (nSPS) is 7.11. The third-order valence-electron chi connectivity index (χ3n) is 0.650. The average Bonchev–Trinajstić information content (AvgIpc) is 1.93. The Bertz CT molecular complexity index is 64.1. The van der Waals surface area contributed by atoms with Gasteiger partial charge in [-0.25, -0.2) is 0 Å². The van der Waals surface area contributed by atoms with E-state index < -0.39 is 0 Å². The molecule has 0 bridgehead atoms. The topological polar surface area (TPSA) is 55.1 Å². The molecule has 0 saturated heterocycles. The summed E-state index contributed by atoms with van der Waals surface area (Å²) in [5.41, 5.74) is 5.04. The van der Waals surface area contributed by atoms with Crippen LogP contribution in [0.2, 0.25) is 0 Å². The molecule has 3 heteroatoms. The quantitative estimate of drug-likeness (QED) is 0.560. The minimum atomic E-state index is 0.00231. The second kappa shape index (κ2) is 10.4. The van der Waals surface area contributed by atoms with Crippen LogP contribution in [0.3, 0.4) is 0 Å². The van der Waals surface area contributed by atoms with E-state index in [9.17, 15) is 4.79 Å². The van der Waals surface area contributed by atoms with Gasteiger partial charge in [0.2, 0.25) is 5.91 Å². The SMILES string of the molecule is CC.CNC(=O)CCN. The van der Waals surface area contributed by atoms with Crippen LogP contribution in [0.4, 0.5) is 0 Å². The number of carbonyl (C=O) groups excluding carboxylic acids is 1. The first-order chi connectivity index (χ1) is 4.31. The summed E-state index contributed by atoms with van der Waals surface area (Å²) < 4.78 is 0. The highest BCUT2D eigenvalue weighted by Crippen LogP contribution is 1.68. The molecule has 0 aliphatic heterocycles. The first-order valence-corrected chi connectivity index (χ1v) is 3.22. The number of nitrogens with one attached hydrogen (secondary N) is 1. The molecule has 3 nitrogen and oxygen atoms in total. The Labute approximate surface area is 56.6 Å². The number of hydrogen-bond acceptors (Lipinski definition) is 2. The number of carbonyl (C=O) groups is 1. The van der Waals surface area contributed by atoms with Crippen LogP contribution < -0.4 is 11.1 Å². The van der Waals surface area contributed by atoms with Crippen molar-refractivity contribution in [1.82, 2.24) is 5.32 Å². The minimum Gasteiger partial charge on any atom is -0.359 e. The summed E-state index contributed by atoms with van der Waals surface area (Å²) >= 11 is 0. The van der Waals surface area contributed by atoms with Crippen LogP contribution in [0.25, 0.3) is 0 Å². The van der Waals surface area contributed by atoms with Crippen molar-refractivity contribution in [2.24, 2.45) is 5.73 Å². The van der Waals surface area contributed by atoms with Gasteiger partial charge in [-0.1, -0.05) is 13.8 Å². The highest BCUT2D eigenvalue weighted by Gasteiger charge is 1.90. The summed E-state index contributed by atoms with van der Waals surface area (Å²) in [6.45, 7) is 4.43. The van der Waals surface area contributed by atoms with E-state index in [1.54, 1.807) is 7.05 Å². The van der Waals surface area contributed by atoms with Crippen molar-refractivity contribution >= 4 is 5.91 Å². The fourth-order valence-electron chi connectivity index (χ4n) is 0.256. The van der Waals surface area contributed by atoms with Crippen molar-refractivity contribution < 1.29 is 4.79 Å². The largest absolute Gasteiger partial charge is 0.359 e. The van der Waals surface area contributed by atoms with E-state index >= 15 is 0 Å². The fraction of sp³-hybridized carbons (Fsp3) is 0.833. The lowest BCUT2D eigenvalue weighted by Gasteiger charge is -1.91. The van der Waals surface area contributed by atoms with E-state index in [0.29, 0.717) is 13.0 Å². The van der Waals surface area contributed by atoms with Gasteiger partial charge >= 0.3 is 0 Å². The number of hydrogen-bond donors (Lipinski definition) is 2. The zero-order chi connectivity index (χ0) is 7.70. The van der Waals surface area contributed by atoms with Crippen molar-refractivity contribution in [2.45, 2.75) is 20.3 Å². The lowest BCUT2D eigenvalue weighted by atomic mass is 10.4. The summed E-state index contributed by atoms with van der Waals surface area (Å²) in [6.07, 6.45) is 0.427. The molecule has 0 aliphatic carbocycles. The molecule has 0 aliphatic rings. The Kier molecular flexibility index (Phi) is 13.0. The Balaban J connectivity index is 0. The van der Waals surface area contributed by atoms with Gasteiger partial charge in [-0.2, -0.15) is 0 Å². The van der Waals surface area contributed by atoms with Gasteiger partial charge in [-0.3, -0.25) is 4.79 Å². The van der Waals surface area contributed by atoms with Crippen molar-refractivity contribution in [3.63, 3.8) is 0 Å². The molecule has 0 rings (SSSR count). The van der Waals surface area contributed by atoms with E-state index in [0.717, 1.165) is 0 Å². The highest BCUT2D eigenvalue weighted by molar-refractivity contribution is 5.75. The first kappa shape index (κ1) is 11.3. The highest BCUT2D eigenvalue weighted by atomic mass is 16.1. The lowest BCUT2D eigenvalue weighted by molar-refractivity contribution is -0.120. The van der Waals surface area contributed by atoms with Gasteiger partial charge in [0.15, 0.2) is 0 Å². The molecule has 0 spiro atoms. The molecule has 0 atom stereocenters. The smallest absolute Gasteiger partial charge is 0.221 e. The molecule has 0 unspecified atom stereocenters. The zero-order valence-corrected chi connectivity index (χ0v) is 6.40. The molecule has 9 heavy (non-hydrogen) atoms. The van der Waals surface area contributed by atoms with Gasteiger partial charge in [0, 0.05) is 20.0 Å². The molecular formula is C6H16N2O. The molecule has 3 N–H and O–H groups in total. The molecule has 0 aromatic rings. The summed E-state index contributed by atoms with van der Waals surface area (Å²) in [5, 5.41) is 2.45. The van der Waals surface area contributed by atoms with Crippen LogP contribution in [-0.2, 0) is 4.79 Å². The van der Waals surface area contributed by atoms with Gasteiger partial charge < -0.3 is 11.1 Å². The van der Waals surface area contributed by atoms with Gasteiger partial charge in [-0.05, 0) is 0 Å². The van der Waals surface area contributed by atoms with Crippen LogP contribution in [0.15, 0.2) is 0 Å². The molecule has 0 heterocycles. The molecule has 0 radical (unpaired) electrons. The standard InChI is InChI=1S/C4H10N2O.C2H6/c1-6-4(7)2-3-5;1-2/h2-3,5H2,1H3,(H,6,7);1-2H3. The van der Waals surface area contributed by atoms with Crippen LogP contribution in [0.5, 0.6) is 0 Å². The third kappa shape index (κ3) is 11.2. The van der Waals surface area contributed by atoms with E-state index in [4.69, 9.17) is 5.73 Å². The Morgan fingerprint density at radius 3 is 2.11 bits per heavy atom. The van der Waals surface area contributed by atoms with E-state index in [2.05, 4.69) is 5.32 Å². The Hall–Kier alpha value is -0.570. The number of nitrogens with two attached hydrogens (primary N) is 1. The van der Waals surface area contributed by atoms with E-state index in [1.807, 2.05) is 13.8 Å². The van der Waals surface area contributed by atoms with Crippen molar-refractivity contribution in [1.29, 1.82) is 0 Å². The maximum absolute atomic E-state index is 10.2. The van der Waals surface area contributed by atoms with Gasteiger partial charge in [0.1, 0.15) is 0 Å². The van der Waals surface area contributed by atoms with E-state index in [-0.39, 0.29) is 5.91 Å². The fourth-order valence-corrected chi connectivity index (χ4v) is 0.256. The third-order valence-corrected chi connectivity index (χ3v) is 0.650. The zero-order valence-electron chi connectivity index (χ0n) is 6.40. The molecule has 1 amide bonds. The molecule has 56 valence electrons. The summed E-state index contributed by atoms with van der Waals surface area (Å²) in [6, 6.07) is 0. The van der Waals surface area contributed by atoms with Crippen LogP contribution >= 0.6 is 0 Å². The van der Waals surface area contributed by atoms with Crippen LogP contribution in [0.1, 0.15) is 20.3 Å². The maximum atomic E-state index is 10.2. The number of rotatable bonds is 2. The van der Waals surface area contributed by atoms with E-state index in [1.165, 1.54) is 0 Å². The predicted octanol–water partition coefficient (Wildman–Crippen LogP) is 0.107. The second-order valence-corrected chi connectivity index (χ2v) is 1.21. The maximum Gasteiger partial charge on any atom is 0.221 e. The second-order valence-electron chi connectivity index (χ2n) is 1.21. The molecule has 0 fully saturated rings. The lowest BCUT2D eigenvalue weighted by Crippen LogP contribution is -2.20. The van der Waals surface area contributed by atoms with Gasteiger partial charge in [0.05, 0.1) is 0 Å². The molecule has 0 aromatic carbocycles. The predicted molar refractivity (Wildman–Crippen MR) is 39.1 cm³/mol. The van der Waals surface area contributed by atoms with Crippen LogP contribution in [0, 0.1) is 0 Å². The van der Waals surface area contributed by atoms with Gasteiger partial charge in [0.25, 0.3) is 0 Å². The van der Waals surface area contributed by atoms with Crippen molar-refractivity contribution in [2.75, 3.05) is 13.6 Å². The minimum absolute atomic E-state index is 0.00231. The number of amides is 1. The molecule has 0 saturated carbocycles. The summed E-state index contributed by atoms with van der Waals surface area (Å²) in [4.78, 5) is 10.2. The first-order valence-electron chi connectivity index (χ1n) is 3.22. The summed E-state index contributed by atoms with van der Waals surface area (Å²) in [7, 11) is 1.60. The van der Waals surface area contributed by atoms with Crippen molar-refractivity contribution in [3.05, 3.63) is 0 Å². The Morgan fingerprint density at radius 1 is 1.56 bits per heavy atom. The van der Waals surface area contributed by atoms with Crippen LogP contribution in [-0.4, -0.2) is 19.5 Å². The van der Waals surface area contributed by atoms with Gasteiger partial charge in [-0.15, -0.1) is 0 Å². The molecular weight excluding hydrogens is 116 g/mol. The summed E-state index contributed by atoms with van der Waals surface area (Å²) in [5.74, 6) is 0.00231. The Morgan fingerprint density at radius 2 is 2.00 bits per heavy atom. The average molecular weight is 132 g/mol. The van der Waals surface area contributed by atoms with Crippen molar-refractivity contribution in [3.8, 4) is 0 Å². The monoisotopic (exact) mass is 132 g/mol.